The third kappa shape index (κ3) is 2.37. The van der Waals surface area contributed by atoms with Crippen molar-refractivity contribution in [3.63, 3.8) is 0 Å². The molecule has 1 aromatic carbocycles. The Morgan fingerprint density at radius 2 is 2.00 bits per heavy atom. The molecule has 2 aromatic heterocycles. The lowest BCUT2D eigenvalue weighted by Gasteiger charge is -2.05. The minimum Gasteiger partial charge on any atom is -0.485 e. The molecule has 0 radical (unpaired) electrons. The Kier molecular flexibility index (Phi) is 3.05. The van der Waals surface area contributed by atoms with E-state index in [1.807, 2.05) is 0 Å². The number of nitrogens with zero attached hydrogens (tertiary/aromatic N) is 3. The van der Waals surface area contributed by atoms with Crippen molar-refractivity contribution in [1.29, 1.82) is 0 Å². The summed E-state index contributed by atoms with van der Waals surface area (Å²) in [5, 5.41) is 8.49. The van der Waals surface area contributed by atoms with Crippen LogP contribution >= 0.6 is 11.6 Å². The molecule has 0 saturated heterocycles. The maximum Gasteiger partial charge on any atom is 0.176 e. The van der Waals surface area contributed by atoms with Gasteiger partial charge >= 0.3 is 0 Å². The van der Waals surface area contributed by atoms with E-state index in [1.165, 1.54) is 12.1 Å². The number of hydrogen-bond donors (Lipinski definition) is 0. The first kappa shape index (κ1) is 11.9. The Bertz CT molecular complexity index is 729. The molecule has 0 fully saturated rings. The SMILES string of the molecule is Fc1cccc(OCc2nnc3cccc(Cl)n23)c1. The first-order valence-electron chi connectivity index (χ1n) is 5.61. The summed E-state index contributed by atoms with van der Waals surface area (Å²) in [5.41, 5.74) is 0.644. The number of aromatic nitrogens is 3. The molecule has 0 N–H and O–H groups in total. The van der Waals surface area contributed by atoms with Crippen LogP contribution in [0, 0.1) is 5.82 Å². The van der Waals surface area contributed by atoms with Crippen LogP contribution in [-0.2, 0) is 6.61 Å². The molecule has 4 nitrogen and oxygen atoms in total. The van der Waals surface area contributed by atoms with Crippen molar-refractivity contribution in [2.24, 2.45) is 0 Å². The minimum absolute atomic E-state index is 0.161. The summed E-state index contributed by atoms with van der Waals surface area (Å²) in [7, 11) is 0. The lowest BCUT2D eigenvalue weighted by molar-refractivity contribution is 0.293. The molecule has 0 aliphatic carbocycles. The van der Waals surface area contributed by atoms with Crippen LogP contribution in [-0.4, -0.2) is 14.6 Å². The van der Waals surface area contributed by atoms with Gasteiger partial charge in [0.25, 0.3) is 0 Å². The topological polar surface area (TPSA) is 39.4 Å². The van der Waals surface area contributed by atoms with Crippen molar-refractivity contribution in [2.75, 3.05) is 0 Å². The molecule has 0 unspecified atom stereocenters. The first-order chi connectivity index (χ1) is 9.24. The van der Waals surface area contributed by atoms with E-state index < -0.39 is 0 Å². The molecule has 19 heavy (non-hydrogen) atoms. The minimum atomic E-state index is -0.346. The molecule has 3 rings (SSSR count). The van der Waals surface area contributed by atoms with Crippen molar-refractivity contribution < 1.29 is 9.13 Å². The number of benzene rings is 1. The van der Waals surface area contributed by atoms with E-state index in [0.29, 0.717) is 22.4 Å². The molecule has 0 aliphatic rings. The second kappa shape index (κ2) is 4.85. The Morgan fingerprint density at radius 3 is 2.84 bits per heavy atom. The van der Waals surface area contributed by atoms with Crippen LogP contribution in [0.1, 0.15) is 5.82 Å². The van der Waals surface area contributed by atoms with Gasteiger partial charge in [-0.25, -0.2) is 4.39 Å². The van der Waals surface area contributed by atoms with E-state index in [-0.39, 0.29) is 12.4 Å². The molecule has 0 atom stereocenters. The van der Waals surface area contributed by atoms with Gasteiger partial charge in [0, 0.05) is 6.07 Å². The summed E-state index contributed by atoms with van der Waals surface area (Å²) in [6.45, 7) is 0.161. The zero-order chi connectivity index (χ0) is 13.2. The van der Waals surface area contributed by atoms with E-state index >= 15 is 0 Å². The molecule has 0 amide bonds. The standard InChI is InChI=1S/C13H9ClFN3O/c14-11-5-2-6-12-16-17-13(18(11)12)8-19-10-4-1-3-9(15)7-10/h1-7H,8H2. The fraction of sp³-hybridized carbons (Fsp3) is 0.0769. The molecule has 0 saturated carbocycles. The van der Waals surface area contributed by atoms with E-state index in [2.05, 4.69) is 10.2 Å². The zero-order valence-corrected chi connectivity index (χ0v) is 10.5. The summed E-state index contributed by atoms with van der Waals surface area (Å²) < 4.78 is 20.2. The second-order valence-corrected chi connectivity index (χ2v) is 4.29. The van der Waals surface area contributed by atoms with Gasteiger partial charge in [0.15, 0.2) is 11.5 Å². The summed E-state index contributed by atoms with van der Waals surface area (Å²) in [5.74, 6) is 0.648. The monoisotopic (exact) mass is 277 g/mol. The molecular weight excluding hydrogens is 269 g/mol. The van der Waals surface area contributed by atoms with Gasteiger partial charge in [-0.3, -0.25) is 4.40 Å². The lowest BCUT2D eigenvalue weighted by Crippen LogP contribution is -2.02. The second-order valence-electron chi connectivity index (χ2n) is 3.90. The van der Waals surface area contributed by atoms with Gasteiger partial charge in [-0.05, 0) is 24.3 Å². The zero-order valence-electron chi connectivity index (χ0n) is 9.75. The van der Waals surface area contributed by atoms with E-state index in [0.717, 1.165) is 0 Å². The van der Waals surface area contributed by atoms with Crippen molar-refractivity contribution in [2.45, 2.75) is 6.61 Å². The highest BCUT2D eigenvalue weighted by Gasteiger charge is 2.08. The van der Waals surface area contributed by atoms with Gasteiger partial charge in [0.1, 0.15) is 23.3 Å². The van der Waals surface area contributed by atoms with E-state index in [4.69, 9.17) is 16.3 Å². The van der Waals surface area contributed by atoms with Crippen LogP contribution in [0.5, 0.6) is 5.75 Å². The molecule has 0 spiro atoms. The maximum atomic E-state index is 13.0. The summed E-state index contributed by atoms with van der Waals surface area (Å²) in [4.78, 5) is 0. The Hall–Kier alpha value is -2.14. The fourth-order valence-corrected chi connectivity index (χ4v) is 2.01. The van der Waals surface area contributed by atoms with E-state index in [9.17, 15) is 4.39 Å². The molecule has 3 aromatic rings. The van der Waals surface area contributed by atoms with Crippen molar-refractivity contribution >= 4 is 17.2 Å². The Balaban J connectivity index is 1.86. The van der Waals surface area contributed by atoms with Gasteiger partial charge in [0.05, 0.1) is 0 Å². The number of halogens is 2. The highest BCUT2D eigenvalue weighted by atomic mass is 35.5. The third-order valence-corrected chi connectivity index (χ3v) is 2.91. The molecule has 6 heteroatoms. The van der Waals surface area contributed by atoms with Gasteiger partial charge in [-0.15, -0.1) is 10.2 Å². The third-order valence-electron chi connectivity index (χ3n) is 2.61. The van der Waals surface area contributed by atoms with Crippen LogP contribution < -0.4 is 4.74 Å². The van der Waals surface area contributed by atoms with Gasteiger partial charge in [0.2, 0.25) is 0 Å². The van der Waals surface area contributed by atoms with Crippen molar-refractivity contribution in [3.05, 3.63) is 59.3 Å². The van der Waals surface area contributed by atoms with Crippen LogP contribution in [0.2, 0.25) is 5.15 Å². The molecule has 0 bridgehead atoms. The van der Waals surface area contributed by atoms with Crippen LogP contribution in [0.15, 0.2) is 42.5 Å². The van der Waals surface area contributed by atoms with Crippen LogP contribution in [0.25, 0.3) is 5.65 Å². The average Bonchev–Trinajstić information content (AvgIpc) is 2.81. The molecule has 96 valence electrons. The summed E-state index contributed by atoms with van der Waals surface area (Å²) in [6.07, 6.45) is 0. The normalized spacial score (nSPS) is 10.8. The Morgan fingerprint density at radius 1 is 1.16 bits per heavy atom. The highest BCUT2D eigenvalue weighted by Crippen LogP contribution is 2.16. The number of hydrogen-bond acceptors (Lipinski definition) is 3. The smallest absolute Gasteiger partial charge is 0.176 e. The van der Waals surface area contributed by atoms with Gasteiger partial charge in [-0.2, -0.15) is 0 Å². The lowest BCUT2D eigenvalue weighted by atomic mass is 10.3. The molecular formula is C13H9ClFN3O. The quantitative estimate of drug-likeness (QED) is 0.691. The highest BCUT2D eigenvalue weighted by molar-refractivity contribution is 6.29. The van der Waals surface area contributed by atoms with Crippen LogP contribution in [0.3, 0.4) is 0 Å². The number of pyridine rings is 1. The van der Waals surface area contributed by atoms with Crippen molar-refractivity contribution in [1.82, 2.24) is 14.6 Å². The Labute approximate surface area is 113 Å². The number of ether oxygens (including phenoxy) is 1. The maximum absolute atomic E-state index is 13.0. The number of fused-ring (bicyclic) bond motifs is 1. The first-order valence-corrected chi connectivity index (χ1v) is 5.99. The molecule has 2 heterocycles. The van der Waals surface area contributed by atoms with Gasteiger partial charge < -0.3 is 4.74 Å². The predicted octanol–water partition coefficient (Wildman–Crippen LogP) is 3.10. The average molecular weight is 278 g/mol. The van der Waals surface area contributed by atoms with E-state index in [1.54, 1.807) is 34.7 Å². The van der Waals surface area contributed by atoms with Gasteiger partial charge in [-0.1, -0.05) is 23.7 Å². The van der Waals surface area contributed by atoms with Crippen LogP contribution in [0.4, 0.5) is 4.39 Å². The number of rotatable bonds is 3. The predicted molar refractivity (Wildman–Crippen MR) is 68.7 cm³/mol. The van der Waals surface area contributed by atoms with Crippen molar-refractivity contribution in [3.8, 4) is 5.75 Å². The fourth-order valence-electron chi connectivity index (χ4n) is 1.76. The summed E-state index contributed by atoms with van der Waals surface area (Å²) >= 11 is 6.08. The summed E-state index contributed by atoms with van der Waals surface area (Å²) in [6, 6.07) is 11.3. The molecule has 0 aliphatic heterocycles. The largest absolute Gasteiger partial charge is 0.485 e.